The zero-order valence-corrected chi connectivity index (χ0v) is 12.6. The van der Waals surface area contributed by atoms with Gasteiger partial charge in [-0.1, -0.05) is 20.3 Å². The van der Waals surface area contributed by atoms with Crippen LogP contribution in [0.5, 0.6) is 0 Å². The first-order valence-electron chi connectivity index (χ1n) is 6.63. The van der Waals surface area contributed by atoms with Gasteiger partial charge < -0.3 is 5.11 Å². The summed E-state index contributed by atoms with van der Waals surface area (Å²) in [6, 6.07) is -0.0774. The van der Waals surface area contributed by atoms with Crippen LogP contribution in [0, 0.1) is 0 Å². The maximum absolute atomic E-state index is 12.6. The quantitative estimate of drug-likeness (QED) is 0.759. The summed E-state index contributed by atoms with van der Waals surface area (Å²) in [5.41, 5.74) is 0.310. The molecule has 0 aromatic carbocycles. The second-order valence-electron chi connectivity index (χ2n) is 4.61. The number of aromatic nitrogens is 2. The number of nitrogens with one attached hydrogen (secondary N) is 1. The summed E-state index contributed by atoms with van der Waals surface area (Å²) in [5.74, 6) is 0. The van der Waals surface area contributed by atoms with Crippen LogP contribution in [0.4, 0.5) is 0 Å². The molecule has 1 unspecified atom stereocenters. The first-order valence-corrected chi connectivity index (χ1v) is 8.07. The van der Waals surface area contributed by atoms with E-state index >= 15 is 0 Å². The summed E-state index contributed by atoms with van der Waals surface area (Å²) in [4.78, 5) is 0. The number of hydrogen-bond acceptors (Lipinski definition) is 4. The maximum Gasteiger partial charge on any atom is 0.260 e. The van der Waals surface area contributed by atoms with Crippen LogP contribution in [0.2, 0.25) is 0 Å². The zero-order valence-electron chi connectivity index (χ0n) is 11.8. The Hall–Kier alpha value is -0.920. The average molecular weight is 289 g/mol. The van der Waals surface area contributed by atoms with Crippen molar-refractivity contribution in [1.82, 2.24) is 14.5 Å². The van der Waals surface area contributed by atoms with Gasteiger partial charge in [0.1, 0.15) is 0 Å². The molecule has 0 fully saturated rings. The number of unbranched alkanes of at least 4 members (excludes halogenated alkanes) is 1. The van der Waals surface area contributed by atoms with Crippen LogP contribution in [0.1, 0.15) is 45.6 Å². The fourth-order valence-corrected chi connectivity index (χ4v) is 3.69. The monoisotopic (exact) mass is 289 g/mol. The molecule has 1 rings (SSSR count). The van der Waals surface area contributed by atoms with Crippen LogP contribution >= 0.6 is 0 Å². The molecule has 1 atom stereocenters. The van der Waals surface area contributed by atoms with Gasteiger partial charge in [-0.2, -0.15) is 9.40 Å². The highest BCUT2D eigenvalue weighted by Gasteiger charge is 2.31. The lowest BCUT2D eigenvalue weighted by Gasteiger charge is -2.27. The summed E-state index contributed by atoms with van der Waals surface area (Å²) in [6.45, 7) is 6.02. The molecule has 6 nitrogen and oxygen atoms in total. The van der Waals surface area contributed by atoms with Gasteiger partial charge in [0.2, 0.25) is 0 Å². The number of aliphatic hydroxyl groups is 1. The van der Waals surface area contributed by atoms with Gasteiger partial charge in [-0.3, -0.25) is 5.10 Å². The molecular weight excluding hydrogens is 266 g/mol. The van der Waals surface area contributed by atoms with Crippen molar-refractivity contribution in [2.75, 3.05) is 6.54 Å². The molecule has 0 aliphatic heterocycles. The summed E-state index contributed by atoms with van der Waals surface area (Å²) in [5, 5.41) is 15.4. The van der Waals surface area contributed by atoms with E-state index in [1.165, 1.54) is 10.5 Å². The number of H-pyrrole nitrogens is 1. The van der Waals surface area contributed by atoms with E-state index in [2.05, 4.69) is 10.2 Å². The molecule has 0 aliphatic carbocycles. The van der Waals surface area contributed by atoms with E-state index in [-0.39, 0.29) is 17.7 Å². The fourth-order valence-electron chi connectivity index (χ4n) is 1.85. The molecule has 7 heteroatoms. The zero-order chi connectivity index (χ0) is 14.5. The highest BCUT2D eigenvalue weighted by Crippen LogP contribution is 2.21. The van der Waals surface area contributed by atoms with Gasteiger partial charge in [-0.05, 0) is 19.8 Å². The Bertz CT molecular complexity index is 484. The molecule has 0 saturated carbocycles. The first kappa shape index (κ1) is 16.1. The number of rotatable bonds is 8. The van der Waals surface area contributed by atoms with Crippen LogP contribution in [0.25, 0.3) is 0 Å². The molecule has 1 aromatic rings. The topological polar surface area (TPSA) is 86.3 Å². The van der Waals surface area contributed by atoms with Gasteiger partial charge in [-0.25, -0.2) is 8.42 Å². The van der Waals surface area contributed by atoms with Gasteiger partial charge in [0, 0.05) is 18.2 Å². The highest BCUT2D eigenvalue weighted by atomic mass is 32.2. The Kier molecular flexibility index (Phi) is 5.96. The summed E-state index contributed by atoms with van der Waals surface area (Å²) < 4.78 is 26.7. The van der Waals surface area contributed by atoms with Crippen LogP contribution in [0.15, 0.2) is 11.2 Å². The second kappa shape index (κ2) is 7.02. The standard InChI is InChI=1S/C12H23N3O3S/c1-4-6-7-15(10(3)5-2)19(17,18)12-11(9-16)8-13-14-12/h8,10,16H,4-7,9H2,1-3H3,(H,13,14). The van der Waals surface area contributed by atoms with Gasteiger partial charge in [0.25, 0.3) is 10.0 Å². The predicted octanol–water partition coefficient (Wildman–Crippen LogP) is 1.49. The molecule has 0 amide bonds. The van der Waals surface area contributed by atoms with Crippen LogP contribution < -0.4 is 0 Å². The van der Waals surface area contributed by atoms with E-state index < -0.39 is 10.0 Å². The largest absolute Gasteiger partial charge is 0.392 e. The minimum atomic E-state index is -3.63. The lowest BCUT2D eigenvalue weighted by atomic mass is 10.2. The van der Waals surface area contributed by atoms with Crippen LogP contribution in [-0.2, 0) is 16.6 Å². The Morgan fingerprint density at radius 1 is 1.47 bits per heavy atom. The highest BCUT2D eigenvalue weighted by molar-refractivity contribution is 7.89. The molecule has 0 radical (unpaired) electrons. The van der Waals surface area contributed by atoms with Crippen molar-refractivity contribution in [3.63, 3.8) is 0 Å². The molecule has 2 N–H and O–H groups in total. The van der Waals surface area contributed by atoms with Crippen molar-refractivity contribution in [3.05, 3.63) is 11.8 Å². The van der Waals surface area contributed by atoms with Gasteiger partial charge in [0.15, 0.2) is 5.03 Å². The lowest BCUT2D eigenvalue weighted by molar-refractivity contribution is 0.276. The Morgan fingerprint density at radius 3 is 2.68 bits per heavy atom. The molecule has 1 aromatic heterocycles. The fraction of sp³-hybridized carbons (Fsp3) is 0.750. The number of nitrogens with zero attached hydrogens (tertiary/aromatic N) is 2. The summed E-state index contributed by atoms with van der Waals surface area (Å²) >= 11 is 0. The van der Waals surface area contributed by atoms with Crippen molar-refractivity contribution >= 4 is 10.0 Å². The predicted molar refractivity (Wildman–Crippen MR) is 73.1 cm³/mol. The molecule has 0 spiro atoms. The van der Waals surface area contributed by atoms with Crippen molar-refractivity contribution < 1.29 is 13.5 Å². The number of aromatic amines is 1. The Labute approximate surface area is 114 Å². The van der Waals surface area contributed by atoms with E-state index in [0.29, 0.717) is 12.1 Å². The van der Waals surface area contributed by atoms with E-state index in [0.717, 1.165) is 19.3 Å². The Balaban J connectivity index is 3.12. The molecule has 1 heterocycles. The lowest BCUT2D eigenvalue weighted by Crippen LogP contribution is -2.39. The van der Waals surface area contributed by atoms with Crippen LogP contribution in [-0.4, -0.2) is 40.6 Å². The Morgan fingerprint density at radius 2 is 2.16 bits per heavy atom. The van der Waals surface area contributed by atoms with E-state index in [1.54, 1.807) is 0 Å². The second-order valence-corrected chi connectivity index (χ2v) is 6.44. The molecule has 0 saturated heterocycles. The third-order valence-electron chi connectivity index (χ3n) is 3.23. The average Bonchev–Trinajstić information content (AvgIpc) is 2.87. The van der Waals surface area contributed by atoms with E-state index in [4.69, 9.17) is 0 Å². The first-order chi connectivity index (χ1) is 8.98. The van der Waals surface area contributed by atoms with E-state index in [9.17, 15) is 13.5 Å². The summed E-state index contributed by atoms with van der Waals surface area (Å²) in [7, 11) is -3.63. The minimum Gasteiger partial charge on any atom is -0.392 e. The minimum absolute atomic E-state index is 0.00593. The molecule has 0 aliphatic rings. The van der Waals surface area contributed by atoms with Crippen molar-refractivity contribution in [1.29, 1.82) is 0 Å². The van der Waals surface area contributed by atoms with E-state index in [1.807, 2.05) is 20.8 Å². The van der Waals surface area contributed by atoms with Crippen molar-refractivity contribution in [2.45, 2.75) is 57.7 Å². The number of sulfonamides is 1. The van der Waals surface area contributed by atoms with Crippen molar-refractivity contribution in [2.24, 2.45) is 0 Å². The number of aliphatic hydroxyl groups excluding tert-OH is 1. The smallest absolute Gasteiger partial charge is 0.260 e. The third-order valence-corrected chi connectivity index (χ3v) is 5.26. The normalized spacial score (nSPS) is 13.9. The van der Waals surface area contributed by atoms with Gasteiger partial charge >= 0.3 is 0 Å². The van der Waals surface area contributed by atoms with Crippen LogP contribution in [0.3, 0.4) is 0 Å². The van der Waals surface area contributed by atoms with Crippen molar-refractivity contribution in [3.8, 4) is 0 Å². The molecule has 0 bridgehead atoms. The number of hydrogen-bond donors (Lipinski definition) is 2. The maximum atomic E-state index is 12.6. The van der Waals surface area contributed by atoms with Gasteiger partial charge in [-0.15, -0.1) is 0 Å². The molecule has 19 heavy (non-hydrogen) atoms. The summed E-state index contributed by atoms with van der Waals surface area (Å²) in [6.07, 6.45) is 3.83. The van der Waals surface area contributed by atoms with Gasteiger partial charge in [0.05, 0.1) is 12.8 Å². The molecular formula is C12H23N3O3S. The third kappa shape index (κ3) is 3.55. The SMILES string of the molecule is CCCCN(C(C)CC)S(=O)(=O)c1[nH]ncc1CO. The molecule has 110 valence electrons.